The molecule has 0 aliphatic rings. The van der Waals surface area contributed by atoms with Crippen LogP contribution < -0.4 is 0 Å². The van der Waals surface area contributed by atoms with Crippen molar-refractivity contribution in [3.8, 4) is 11.1 Å². The van der Waals surface area contributed by atoms with Crippen LogP contribution in [-0.4, -0.2) is 24.1 Å². The van der Waals surface area contributed by atoms with Crippen molar-refractivity contribution in [3.63, 3.8) is 0 Å². The minimum atomic E-state index is 0.0807. The van der Waals surface area contributed by atoms with Gasteiger partial charge in [0.1, 0.15) is 0 Å². The minimum absolute atomic E-state index is 0.0807. The van der Waals surface area contributed by atoms with Crippen molar-refractivity contribution in [2.24, 2.45) is 0 Å². The van der Waals surface area contributed by atoms with E-state index in [1.54, 1.807) is 0 Å². The van der Waals surface area contributed by atoms with Gasteiger partial charge in [0.25, 0.3) is 0 Å². The van der Waals surface area contributed by atoms with Crippen LogP contribution in [0.2, 0.25) is 0 Å². The Labute approximate surface area is 137 Å². The SMILES string of the molecule is CCOCCSc1cc(C)c(-c2cccc(CO)c2)c(C)c1. The van der Waals surface area contributed by atoms with Crippen molar-refractivity contribution in [2.75, 3.05) is 19.0 Å². The zero-order valence-electron chi connectivity index (χ0n) is 13.6. The smallest absolute Gasteiger partial charge is 0.0682 e. The molecule has 0 aliphatic heterocycles. The predicted molar refractivity (Wildman–Crippen MR) is 94.5 cm³/mol. The van der Waals surface area contributed by atoms with Gasteiger partial charge in [-0.05, 0) is 66.8 Å². The predicted octanol–water partition coefficient (Wildman–Crippen LogP) is 4.59. The maximum Gasteiger partial charge on any atom is 0.0682 e. The van der Waals surface area contributed by atoms with Crippen molar-refractivity contribution in [3.05, 3.63) is 53.1 Å². The van der Waals surface area contributed by atoms with Gasteiger partial charge in [-0.3, -0.25) is 0 Å². The summed E-state index contributed by atoms with van der Waals surface area (Å²) in [7, 11) is 0. The van der Waals surface area contributed by atoms with Gasteiger partial charge in [0, 0.05) is 17.3 Å². The van der Waals surface area contributed by atoms with Gasteiger partial charge in [0.05, 0.1) is 13.2 Å². The lowest BCUT2D eigenvalue weighted by molar-refractivity contribution is 0.164. The fourth-order valence-corrected chi connectivity index (χ4v) is 3.61. The third-order valence-corrected chi connectivity index (χ3v) is 4.54. The standard InChI is InChI=1S/C19H24O2S/c1-4-21-8-9-22-18-10-14(2)19(15(3)11-18)17-7-5-6-16(12-17)13-20/h5-7,10-12,20H,4,8-9,13H2,1-3H3. The van der Waals surface area contributed by atoms with E-state index in [2.05, 4.69) is 38.1 Å². The Morgan fingerprint density at radius 2 is 1.82 bits per heavy atom. The van der Waals surface area contributed by atoms with Crippen LogP contribution in [-0.2, 0) is 11.3 Å². The molecule has 2 aromatic carbocycles. The average molecular weight is 316 g/mol. The summed E-state index contributed by atoms with van der Waals surface area (Å²) < 4.78 is 5.39. The van der Waals surface area contributed by atoms with Crippen LogP contribution in [0.3, 0.4) is 0 Å². The van der Waals surface area contributed by atoms with E-state index in [4.69, 9.17) is 4.74 Å². The van der Waals surface area contributed by atoms with E-state index in [0.717, 1.165) is 24.5 Å². The van der Waals surface area contributed by atoms with Gasteiger partial charge in [0.15, 0.2) is 0 Å². The zero-order chi connectivity index (χ0) is 15.9. The summed E-state index contributed by atoms with van der Waals surface area (Å²) in [4.78, 5) is 1.29. The highest BCUT2D eigenvalue weighted by Crippen LogP contribution is 2.32. The first kappa shape index (κ1) is 17.1. The van der Waals surface area contributed by atoms with Gasteiger partial charge >= 0.3 is 0 Å². The summed E-state index contributed by atoms with van der Waals surface area (Å²) >= 11 is 1.84. The first-order valence-corrected chi connectivity index (χ1v) is 8.66. The molecule has 118 valence electrons. The second kappa shape index (κ2) is 8.37. The van der Waals surface area contributed by atoms with Gasteiger partial charge in [-0.1, -0.05) is 18.2 Å². The molecule has 0 saturated heterocycles. The number of aliphatic hydroxyl groups excluding tert-OH is 1. The summed E-state index contributed by atoms with van der Waals surface area (Å²) in [6.07, 6.45) is 0. The Hall–Kier alpha value is -1.29. The highest BCUT2D eigenvalue weighted by molar-refractivity contribution is 7.99. The molecule has 0 bridgehead atoms. The molecular weight excluding hydrogens is 292 g/mol. The number of aryl methyl sites for hydroxylation is 2. The third-order valence-electron chi connectivity index (χ3n) is 3.60. The maximum atomic E-state index is 9.32. The molecule has 0 spiro atoms. The van der Waals surface area contributed by atoms with Crippen LogP contribution in [0.4, 0.5) is 0 Å². The van der Waals surface area contributed by atoms with Gasteiger partial charge in [-0.2, -0.15) is 0 Å². The van der Waals surface area contributed by atoms with Crippen LogP contribution in [0.1, 0.15) is 23.6 Å². The Morgan fingerprint density at radius 1 is 1.09 bits per heavy atom. The van der Waals surface area contributed by atoms with Crippen molar-refractivity contribution < 1.29 is 9.84 Å². The van der Waals surface area contributed by atoms with Gasteiger partial charge in [-0.25, -0.2) is 0 Å². The fraction of sp³-hybridized carbons (Fsp3) is 0.368. The number of aliphatic hydroxyl groups is 1. The molecule has 2 rings (SSSR count). The highest BCUT2D eigenvalue weighted by Gasteiger charge is 2.08. The normalized spacial score (nSPS) is 10.9. The molecule has 0 amide bonds. The Kier molecular flexibility index (Phi) is 6.49. The van der Waals surface area contributed by atoms with E-state index >= 15 is 0 Å². The molecule has 0 radical (unpaired) electrons. The third kappa shape index (κ3) is 4.35. The number of ether oxygens (including phenoxy) is 1. The second-order valence-corrected chi connectivity index (χ2v) is 6.50. The lowest BCUT2D eigenvalue weighted by atomic mass is 9.95. The van der Waals surface area contributed by atoms with Crippen LogP contribution in [0.25, 0.3) is 11.1 Å². The molecule has 0 unspecified atom stereocenters. The molecule has 0 fully saturated rings. The average Bonchev–Trinajstić information content (AvgIpc) is 2.51. The molecule has 0 aliphatic carbocycles. The Balaban J connectivity index is 2.22. The van der Waals surface area contributed by atoms with E-state index in [-0.39, 0.29) is 6.61 Å². The molecular formula is C19H24O2S. The van der Waals surface area contributed by atoms with Crippen LogP contribution in [0.15, 0.2) is 41.3 Å². The Bertz CT molecular complexity index is 600. The lowest BCUT2D eigenvalue weighted by Gasteiger charge is -2.14. The van der Waals surface area contributed by atoms with Crippen LogP contribution >= 0.6 is 11.8 Å². The number of benzene rings is 2. The molecule has 2 aromatic rings. The molecule has 22 heavy (non-hydrogen) atoms. The topological polar surface area (TPSA) is 29.5 Å². The fourth-order valence-electron chi connectivity index (χ4n) is 2.65. The summed E-state index contributed by atoms with van der Waals surface area (Å²) in [5, 5.41) is 9.32. The van der Waals surface area contributed by atoms with Crippen molar-refractivity contribution in [1.29, 1.82) is 0 Å². The van der Waals surface area contributed by atoms with Crippen molar-refractivity contribution in [1.82, 2.24) is 0 Å². The molecule has 1 N–H and O–H groups in total. The quantitative estimate of drug-likeness (QED) is 0.598. The second-order valence-electron chi connectivity index (χ2n) is 5.34. The Morgan fingerprint density at radius 3 is 2.45 bits per heavy atom. The molecule has 2 nitrogen and oxygen atoms in total. The van der Waals surface area contributed by atoms with Gasteiger partial charge < -0.3 is 9.84 Å². The summed E-state index contributed by atoms with van der Waals surface area (Å²) in [5.41, 5.74) is 5.94. The molecule has 3 heteroatoms. The largest absolute Gasteiger partial charge is 0.392 e. The molecule has 0 aromatic heterocycles. The number of hydrogen-bond acceptors (Lipinski definition) is 3. The minimum Gasteiger partial charge on any atom is -0.392 e. The monoisotopic (exact) mass is 316 g/mol. The van der Waals surface area contributed by atoms with E-state index in [1.165, 1.54) is 27.1 Å². The van der Waals surface area contributed by atoms with E-state index in [0.29, 0.717) is 0 Å². The van der Waals surface area contributed by atoms with E-state index in [9.17, 15) is 5.11 Å². The van der Waals surface area contributed by atoms with Crippen molar-refractivity contribution >= 4 is 11.8 Å². The van der Waals surface area contributed by atoms with Crippen molar-refractivity contribution in [2.45, 2.75) is 32.3 Å². The van der Waals surface area contributed by atoms with Crippen LogP contribution in [0.5, 0.6) is 0 Å². The van der Waals surface area contributed by atoms with E-state index < -0.39 is 0 Å². The molecule has 0 saturated carbocycles. The highest BCUT2D eigenvalue weighted by atomic mass is 32.2. The first-order valence-electron chi connectivity index (χ1n) is 7.67. The number of thioether (sulfide) groups is 1. The van der Waals surface area contributed by atoms with Gasteiger partial charge in [-0.15, -0.1) is 11.8 Å². The number of hydrogen-bond donors (Lipinski definition) is 1. The van der Waals surface area contributed by atoms with Gasteiger partial charge in [0.2, 0.25) is 0 Å². The molecule has 0 atom stereocenters. The summed E-state index contributed by atoms with van der Waals surface area (Å²) in [6.45, 7) is 7.98. The molecule has 0 heterocycles. The summed E-state index contributed by atoms with van der Waals surface area (Å²) in [5.74, 6) is 0.978. The van der Waals surface area contributed by atoms with E-state index in [1.807, 2.05) is 30.8 Å². The van der Waals surface area contributed by atoms with Crippen LogP contribution in [0, 0.1) is 13.8 Å². The lowest BCUT2D eigenvalue weighted by Crippen LogP contribution is -1.96. The first-order chi connectivity index (χ1) is 10.7. The summed E-state index contributed by atoms with van der Waals surface area (Å²) in [6, 6.07) is 12.6. The maximum absolute atomic E-state index is 9.32. The zero-order valence-corrected chi connectivity index (χ0v) is 14.4. The number of rotatable bonds is 7.